The molecule has 0 radical (unpaired) electrons. The lowest BCUT2D eigenvalue weighted by Gasteiger charge is -2.20. The maximum absolute atomic E-state index is 12.8. The van der Waals surface area contributed by atoms with Crippen LogP contribution in [0, 0.1) is 0 Å². The monoisotopic (exact) mass is 526 g/mol. The number of benzene rings is 1. The summed E-state index contributed by atoms with van der Waals surface area (Å²) in [7, 11) is 0. The second kappa shape index (κ2) is 12.4. The minimum Gasteiger partial charge on any atom is -0.481 e. The van der Waals surface area contributed by atoms with Gasteiger partial charge in [0.05, 0.1) is 6.42 Å². The average Bonchev–Trinajstić information content (AvgIpc) is 3.68. The molecule has 1 aliphatic rings. The number of carbonyl (C=O) groups is 4. The van der Waals surface area contributed by atoms with E-state index in [1.54, 1.807) is 41.6 Å². The molecule has 1 amide bonds. The van der Waals surface area contributed by atoms with Crippen molar-refractivity contribution in [2.24, 2.45) is 0 Å². The molecule has 3 N–H and O–H groups in total. The Balaban J connectivity index is 1.33. The Labute approximate surface area is 216 Å². The van der Waals surface area contributed by atoms with E-state index < -0.39 is 48.9 Å². The highest BCUT2D eigenvalue weighted by Crippen LogP contribution is 2.23. The summed E-state index contributed by atoms with van der Waals surface area (Å²) in [4.78, 5) is 58.3. The number of nitrogens with zero attached hydrogens (tertiary/aromatic N) is 6. The highest BCUT2D eigenvalue weighted by Gasteiger charge is 2.35. The fourth-order valence-electron chi connectivity index (χ4n) is 3.86. The first-order chi connectivity index (χ1) is 18.4. The van der Waals surface area contributed by atoms with Crippen LogP contribution < -0.4 is 10.2 Å². The molecule has 2 atom stereocenters. The zero-order valence-corrected chi connectivity index (χ0v) is 20.2. The molecule has 38 heavy (non-hydrogen) atoms. The summed E-state index contributed by atoms with van der Waals surface area (Å²) in [6.07, 6.45) is 2.81. The van der Waals surface area contributed by atoms with E-state index in [0.29, 0.717) is 25.2 Å². The summed E-state index contributed by atoms with van der Waals surface area (Å²) in [6, 6.07) is 6.88. The summed E-state index contributed by atoms with van der Waals surface area (Å²) < 4.78 is 10.4. The van der Waals surface area contributed by atoms with Crippen molar-refractivity contribution < 1.29 is 33.8 Å². The SMILES string of the molecule is O=C(O)CC(NC(=O)OCc1ccccc1)C(=O)Cn1nnc(N2CCC[C@H]2C(=O)OCc2ncc[nH]2)n1. The maximum atomic E-state index is 12.8. The van der Waals surface area contributed by atoms with Gasteiger partial charge in [-0.05, 0) is 23.6 Å². The van der Waals surface area contributed by atoms with Crippen molar-refractivity contribution in [3.05, 3.63) is 54.1 Å². The standard InChI is InChI=1S/C23H26N8O7/c32-18(16(11-20(33)34)26-23(36)38-13-15-5-2-1-3-6-15)12-31-28-22(27-29-31)30-10-4-7-17(30)21(35)37-14-19-24-8-9-25-19/h1-3,5-6,8-9,16-17H,4,7,10-14H2,(H,24,25)(H,26,36)(H,33,34)/t16?,17-/m0/s1. The minimum atomic E-state index is -1.37. The Morgan fingerprint density at radius 2 is 1.97 bits per heavy atom. The van der Waals surface area contributed by atoms with Gasteiger partial charge in [0, 0.05) is 18.9 Å². The van der Waals surface area contributed by atoms with Crippen molar-refractivity contribution in [2.45, 2.75) is 51.1 Å². The number of esters is 1. The fourth-order valence-corrected chi connectivity index (χ4v) is 3.86. The van der Waals surface area contributed by atoms with Gasteiger partial charge in [-0.25, -0.2) is 14.6 Å². The molecule has 0 saturated carbocycles. The highest BCUT2D eigenvalue weighted by molar-refractivity contribution is 5.90. The molecule has 1 saturated heterocycles. The summed E-state index contributed by atoms with van der Waals surface area (Å²) in [5.41, 5.74) is 0.730. The Morgan fingerprint density at radius 3 is 2.71 bits per heavy atom. The first kappa shape index (κ1) is 26.2. The van der Waals surface area contributed by atoms with Crippen molar-refractivity contribution >= 4 is 29.8 Å². The van der Waals surface area contributed by atoms with Gasteiger partial charge in [0.25, 0.3) is 5.95 Å². The summed E-state index contributed by atoms with van der Waals surface area (Å²) in [5, 5.41) is 23.5. The lowest BCUT2D eigenvalue weighted by molar-refractivity contribution is -0.146. The third-order valence-electron chi connectivity index (χ3n) is 5.70. The predicted molar refractivity (Wildman–Crippen MR) is 127 cm³/mol. The van der Waals surface area contributed by atoms with Crippen LogP contribution in [-0.2, 0) is 43.6 Å². The smallest absolute Gasteiger partial charge is 0.408 e. The highest BCUT2D eigenvalue weighted by atomic mass is 16.5. The van der Waals surface area contributed by atoms with Gasteiger partial charge in [0.15, 0.2) is 5.78 Å². The van der Waals surface area contributed by atoms with Crippen molar-refractivity contribution in [1.82, 2.24) is 35.5 Å². The predicted octanol–water partition coefficient (Wildman–Crippen LogP) is 0.447. The van der Waals surface area contributed by atoms with Gasteiger partial charge in [-0.15, -0.1) is 5.10 Å². The van der Waals surface area contributed by atoms with Crippen LogP contribution in [0.2, 0.25) is 0 Å². The van der Waals surface area contributed by atoms with Crippen LogP contribution in [-0.4, -0.2) is 77.7 Å². The van der Waals surface area contributed by atoms with Gasteiger partial charge in [-0.2, -0.15) is 4.80 Å². The van der Waals surface area contributed by atoms with E-state index in [-0.39, 0.29) is 19.2 Å². The van der Waals surface area contributed by atoms with E-state index in [9.17, 15) is 24.3 Å². The number of carbonyl (C=O) groups excluding carboxylic acids is 3. The van der Waals surface area contributed by atoms with E-state index in [4.69, 9.17) is 9.47 Å². The van der Waals surface area contributed by atoms with Crippen LogP contribution in [0.15, 0.2) is 42.7 Å². The number of rotatable bonds is 12. The lowest BCUT2D eigenvalue weighted by atomic mass is 10.1. The number of hydrogen-bond donors (Lipinski definition) is 3. The summed E-state index contributed by atoms with van der Waals surface area (Å²) in [6.45, 7) is -0.0197. The molecule has 0 bridgehead atoms. The van der Waals surface area contributed by atoms with E-state index in [0.717, 1.165) is 10.4 Å². The zero-order chi connectivity index (χ0) is 26.9. The Kier molecular flexibility index (Phi) is 8.58. The molecule has 3 aromatic rings. The third-order valence-corrected chi connectivity index (χ3v) is 5.70. The largest absolute Gasteiger partial charge is 0.481 e. The second-order valence-corrected chi connectivity index (χ2v) is 8.44. The third kappa shape index (κ3) is 7.11. The van der Waals surface area contributed by atoms with Gasteiger partial charge in [0.1, 0.15) is 37.7 Å². The first-order valence-electron chi connectivity index (χ1n) is 11.8. The molecule has 0 spiro atoms. The van der Waals surface area contributed by atoms with Gasteiger partial charge >= 0.3 is 18.0 Å². The van der Waals surface area contributed by atoms with Crippen molar-refractivity contribution in [2.75, 3.05) is 11.4 Å². The number of nitrogens with one attached hydrogen (secondary N) is 2. The molecule has 1 fully saturated rings. The molecule has 15 heteroatoms. The molecular weight excluding hydrogens is 500 g/mol. The molecule has 15 nitrogen and oxygen atoms in total. The zero-order valence-electron chi connectivity index (χ0n) is 20.2. The number of imidazole rings is 1. The van der Waals surface area contributed by atoms with Crippen molar-refractivity contribution in [3.63, 3.8) is 0 Å². The van der Waals surface area contributed by atoms with Crippen LogP contribution in [0.5, 0.6) is 0 Å². The number of H-pyrrole nitrogens is 1. The topological polar surface area (TPSA) is 195 Å². The van der Waals surface area contributed by atoms with Crippen LogP contribution in [0.3, 0.4) is 0 Å². The van der Waals surface area contributed by atoms with Crippen LogP contribution in [0.25, 0.3) is 0 Å². The Hall–Kier alpha value is -4.82. The number of carboxylic acid groups (broad SMARTS) is 1. The lowest BCUT2D eigenvalue weighted by Crippen LogP contribution is -2.44. The fraction of sp³-hybridized carbons (Fsp3) is 0.391. The van der Waals surface area contributed by atoms with E-state index >= 15 is 0 Å². The number of ether oxygens (including phenoxy) is 2. The number of tetrazole rings is 1. The molecule has 4 rings (SSSR count). The van der Waals surface area contributed by atoms with E-state index in [1.165, 1.54) is 0 Å². The van der Waals surface area contributed by atoms with E-state index in [2.05, 4.69) is 30.7 Å². The van der Waals surface area contributed by atoms with Crippen LogP contribution in [0.1, 0.15) is 30.7 Å². The van der Waals surface area contributed by atoms with Crippen molar-refractivity contribution in [1.29, 1.82) is 0 Å². The first-order valence-corrected chi connectivity index (χ1v) is 11.8. The number of aliphatic carboxylic acids is 1. The average molecular weight is 527 g/mol. The molecular formula is C23H26N8O7. The number of Topliss-reactive ketones (excluding diaryl/α,β-unsaturated/α-hetero) is 1. The number of ketones is 1. The van der Waals surface area contributed by atoms with Gasteiger partial charge in [-0.1, -0.05) is 35.4 Å². The molecule has 200 valence electrons. The Morgan fingerprint density at radius 1 is 1.16 bits per heavy atom. The van der Waals surface area contributed by atoms with Gasteiger partial charge < -0.3 is 29.8 Å². The van der Waals surface area contributed by atoms with Crippen LogP contribution >= 0.6 is 0 Å². The molecule has 2 aromatic heterocycles. The molecule has 1 unspecified atom stereocenters. The summed E-state index contributed by atoms with van der Waals surface area (Å²) >= 11 is 0. The number of aromatic nitrogens is 6. The Bertz CT molecular complexity index is 1250. The number of anilines is 1. The minimum absolute atomic E-state index is 0.00343. The number of amides is 1. The quantitative estimate of drug-likeness (QED) is 0.276. The van der Waals surface area contributed by atoms with Crippen molar-refractivity contribution in [3.8, 4) is 0 Å². The number of carboxylic acids is 1. The number of hydrogen-bond acceptors (Lipinski definition) is 11. The van der Waals surface area contributed by atoms with E-state index in [1.807, 2.05) is 6.07 Å². The van der Waals surface area contributed by atoms with Gasteiger partial charge in [-0.3, -0.25) is 9.59 Å². The van der Waals surface area contributed by atoms with Gasteiger partial charge in [0.2, 0.25) is 0 Å². The number of alkyl carbamates (subject to hydrolysis) is 1. The van der Waals surface area contributed by atoms with Crippen LogP contribution in [0.4, 0.5) is 10.7 Å². The number of aromatic amines is 1. The molecule has 1 aliphatic heterocycles. The molecule has 1 aromatic carbocycles. The molecule has 3 heterocycles. The maximum Gasteiger partial charge on any atom is 0.408 e. The normalized spacial score (nSPS) is 15.6. The second-order valence-electron chi connectivity index (χ2n) is 8.44. The molecule has 0 aliphatic carbocycles. The summed E-state index contributed by atoms with van der Waals surface area (Å²) in [5.74, 6) is -1.78.